The number of hydrogen-bond donors (Lipinski definition) is 2. The molecule has 4 heterocycles. The van der Waals surface area contributed by atoms with Gasteiger partial charge in [0, 0.05) is 44.3 Å². The molecular formula is C26H28N6O2RuSi2. The van der Waals surface area contributed by atoms with Gasteiger partial charge in [0.15, 0.2) is 0 Å². The Labute approximate surface area is 234 Å². The first kappa shape index (κ1) is 33.2. The van der Waals surface area contributed by atoms with Gasteiger partial charge in [-0.1, -0.05) is 50.5 Å². The second-order valence-electron chi connectivity index (χ2n) is 7.49. The van der Waals surface area contributed by atoms with E-state index in [0.29, 0.717) is 0 Å². The molecule has 190 valence electrons. The zero-order valence-electron chi connectivity index (χ0n) is 21.0. The van der Waals surface area contributed by atoms with Crippen molar-refractivity contribution in [3.05, 3.63) is 85.5 Å². The van der Waals surface area contributed by atoms with Crippen molar-refractivity contribution < 1.29 is 29.7 Å². The van der Waals surface area contributed by atoms with Gasteiger partial charge in [-0.15, -0.1) is 0 Å². The number of pyridine rings is 4. The van der Waals surface area contributed by atoms with Crippen molar-refractivity contribution in [1.29, 1.82) is 10.5 Å². The van der Waals surface area contributed by atoms with Crippen LogP contribution in [0.3, 0.4) is 0 Å². The molecule has 0 fully saturated rings. The van der Waals surface area contributed by atoms with Gasteiger partial charge in [-0.2, -0.15) is 10.5 Å². The molecule has 0 aromatic carbocycles. The van der Waals surface area contributed by atoms with E-state index in [0.717, 1.165) is 35.3 Å². The average Bonchev–Trinajstić information content (AvgIpc) is 2.91. The number of rotatable bonds is 4. The number of aliphatic hydroxyl groups excluding tert-OH is 2. The Morgan fingerprint density at radius 2 is 0.892 bits per heavy atom. The van der Waals surface area contributed by atoms with Crippen LogP contribution in [0.1, 0.15) is 0 Å². The molecule has 0 aliphatic heterocycles. The van der Waals surface area contributed by atoms with Crippen LogP contribution in [0.15, 0.2) is 85.5 Å². The predicted molar refractivity (Wildman–Crippen MR) is 144 cm³/mol. The normalized spacial score (nSPS) is 8.97. The molecule has 0 spiro atoms. The summed E-state index contributed by atoms with van der Waals surface area (Å²) in [4.78, 5) is 17.4. The van der Waals surface area contributed by atoms with Crippen molar-refractivity contribution in [2.45, 2.75) is 26.2 Å². The fraction of sp³-hybridized carbons (Fsp3) is 0.154. The van der Waals surface area contributed by atoms with Crippen LogP contribution in [0.4, 0.5) is 0 Å². The fourth-order valence-corrected chi connectivity index (χ4v) is 4.19. The minimum absolute atomic E-state index is 0. The molecule has 0 bridgehead atoms. The first-order chi connectivity index (χ1) is 17.4. The Bertz CT molecular complexity index is 1120. The minimum Gasteiger partial charge on any atom is -0.443 e. The summed E-state index contributed by atoms with van der Waals surface area (Å²) in [6.45, 7) is 9.06. The minimum atomic E-state index is -0.393. The van der Waals surface area contributed by atoms with Crippen LogP contribution in [0.5, 0.6) is 0 Å². The Hall–Kier alpha value is -3.76. The first-order valence-electron chi connectivity index (χ1n) is 10.8. The summed E-state index contributed by atoms with van der Waals surface area (Å²) in [6.07, 6.45) is 9.02. The van der Waals surface area contributed by atoms with Crippen LogP contribution in [0.25, 0.3) is 22.8 Å². The van der Waals surface area contributed by atoms with Gasteiger partial charge in [0.2, 0.25) is 0 Å². The fourth-order valence-electron chi connectivity index (χ4n) is 2.71. The largest absolute Gasteiger partial charge is 0.443 e. The van der Waals surface area contributed by atoms with Crippen molar-refractivity contribution in [2.24, 2.45) is 0 Å². The summed E-state index contributed by atoms with van der Waals surface area (Å²) in [6, 6.07) is 20.2. The summed E-state index contributed by atoms with van der Waals surface area (Å²) >= 11 is 0. The molecule has 0 unspecified atom stereocenters. The Balaban J connectivity index is 0.000000566. The molecule has 11 heteroatoms. The van der Waals surface area contributed by atoms with Gasteiger partial charge in [0.05, 0.1) is 40.4 Å². The standard InChI is InChI=1S/2C12H13N2Si.2CHNO.Ru/c2*1-15(2)10-6-7-12(14-9-10)11-5-3-4-8-13-11;2*2-1-3;/h2*3-9H,1-2H3;2*3H;. The zero-order valence-corrected chi connectivity index (χ0v) is 24.8. The van der Waals surface area contributed by atoms with Crippen molar-refractivity contribution in [3.8, 4) is 35.3 Å². The maximum atomic E-state index is 6.88. The van der Waals surface area contributed by atoms with Gasteiger partial charge >= 0.3 is 0 Å². The molecule has 0 aliphatic rings. The van der Waals surface area contributed by atoms with Crippen LogP contribution in [0.2, 0.25) is 26.2 Å². The van der Waals surface area contributed by atoms with Gasteiger partial charge in [-0.3, -0.25) is 19.9 Å². The van der Waals surface area contributed by atoms with Crippen molar-refractivity contribution in [2.75, 3.05) is 0 Å². The molecule has 4 aromatic rings. The average molecular weight is 614 g/mol. The molecular weight excluding hydrogens is 586 g/mol. The third-order valence-corrected chi connectivity index (χ3v) is 7.44. The van der Waals surface area contributed by atoms with Crippen molar-refractivity contribution in [1.82, 2.24) is 19.9 Å². The molecule has 0 amide bonds. The number of hydrogen-bond acceptors (Lipinski definition) is 8. The van der Waals surface area contributed by atoms with Gasteiger partial charge in [0.25, 0.3) is 12.5 Å². The van der Waals surface area contributed by atoms with E-state index in [4.69, 9.17) is 20.7 Å². The molecule has 0 saturated heterocycles. The number of nitriles is 2. The third-order valence-electron chi connectivity index (χ3n) is 4.54. The molecule has 37 heavy (non-hydrogen) atoms. The van der Waals surface area contributed by atoms with Crippen molar-refractivity contribution in [3.63, 3.8) is 0 Å². The molecule has 8 nitrogen and oxygen atoms in total. The molecule has 2 radical (unpaired) electrons. The molecule has 0 atom stereocenters. The SMILES string of the molecule is C[Si](C)c1ccc(-c2ccccn2)nc1.C[Si](C)c1ccc(-c2ccccn2)nc1.N#CO.N#CO.[Ru]. The summed E-state index contributed by atoms with van der Waals surface area (Å²) in [5, 5.41) is 30.2. The van der Waals surface area contributed by atoms with Crippen LogP contribution < -0.4 is 10.4 Å². The van der Waals surface area contributed by atoms with E-state index in [2.05, 4.69) is 70.4 Å². The third kappa shape index (κ3) is 12.7. The second-order valence-corrected chi connectivity index (χ2v) is 12.6. The van der Waals surface area contributed by atoms with Crippen LogP contribution in [0, 0.1) is 23.0 Å². The Morgan fingerprint density at radius 1 is 0.568 bits per heavy atom. The van der Waals surface area contributed by atoms with E-state index >= 15 is 0 Å². The monoisotopic (exact) mass is 614 g/mol. The topological polar surface area (TPSA) is 140 Å². The maximum absolute atomic E-state index is 6.88. The first-order valence-corrected chi connectivity index (χ1v) is 15.8. The predicted octanol–water partition coefficient (Wildman–Crippen LogP) is 3.89. The molecule has 4 rings (SSSR count). The van der Waals surface area contributed by atoms with E-state index in [1.807, 2.05) is 48.8 Å². The van der Waals surface area contributed by atoms with Gasteiger partial charge in [0.1, 0.15) is 0 Å². The molecule has 0 aliphatic carbocycles. The van der Waals surface area contributed by atoms with E-state index in [1.165, 1.54) is 10.4 Å². The quantitative estimate of drug-likeness (QED) is 0.261. The van der Waals surface area contributed by atoms with Crippen molar-refractivity contribution >= 4 is 28.0 Å². The number of aliphatic hydroxyl groups is 2. The van der Waals surface area contributed by atoms with Gasteiger partial charge in [-0.05, 0) is 46.8 Å². The van der Waals surface area contributed by atoms with E-state index in [1.54, 1.807) is 12.4 Å². The number of nitrogens with zero attached hydrogens (tertiary/aromatic N) is 6. The molecule has 0 saturated carbocycles. The summed E-state index contributed by atoms with van der Waals surface area (Å²) in [5.74, 6) is 0. The Morgan fingerprint density at radius 3 is 1.11 bits per heavy atom. The smallest absolute Gasteiger partial charge is 0.283 e. The zero-order chi connectivity index (χ0) is 26.8. The number of aromatic nitrogens is 4. The molecule has 2 N–H and O–H groups in total. The van der Waals surface area contributed by atoms with Gasteiger partial charge in [-0.25, -0.2) is 0 Å². The van der Waals surface area contributed by atoms with Gasteiger partial charge < -0.3 is 10.2 Å². The van der Waals surface area contributed by atoms with Crippen LogP contribution in [-0.4, -0.2) is 47.7 Å². The van der Waals surface area contributed by atoms with E-state index < -0.39 is 17.6 Å². The Kier molecular flexibility index (Phi) is 17.5. The maximum Gasteiger partial charge on any atom is 0.283 e. The summed E-state index contributed by atoms with van der Waals surface area (Å²) in [7, 11) is -0.786. The second kappa shape index (κ2) is 19.4. The summed E-state index contributed by atoms with van der Waals surface area (Å²) < 4.78 is 0. The molecule has 4 aromatic heterocycles. The summed E-state index contributed by atoms with van der Waals surface area (Å²) in [5.41, 5.74) is 3.76. The van der Waals surface area contributed by atoms with Crippen LogP contribution >= 0.6 is 0 Å². The van der Waals surface area contributed by atoms with E-state index in [9.17, 15) is 0 Å². The van der Waals surface area contributed by atoms with Crippen LogP contribution in [-0.2, 0) is 19.5 Å². The van der Waals surface area contributed by atoms with E-state index in [-0.39, 0.29) is 19.5 Å².